The molecule has 0 bridgehead atoms. The van der Waals surface area contributed by atoms with E-state index in [-0.39, 0.29) is 12.1 Å². The van der Waals surface area contributed by atoms with E-state index in [0.29, 0.717) is 36.2 Å². The van der Waals surface area contributed by atoms with Crippen LogP contribution in [0.25, 0.3) is 0 Å². The van der Waals surface area contributed by atoms with Crippen LogP contribution in [0.3, 0.4) is 0 Å². The minimum atomic E-state index is 0.0333. The molecule has 3 rings (SSSR count). The quantitative estimate of drug-likeness (QED) is 0.802. The van der Waals surface area contributed by atoms with Crippen molar-refractivity contribution < 1.29 is 13.9 Å². The molecule has 0 spiro atoms. The maximum Gasteiger partial charge on any atom is 0.233 e. The van der Waals surface area contributed by atoms with Gasteiger partial charge in [0.1, 0.15) is 18.4 Å². The summed E-state index contributed by atoms with van der Waals surface area (Å²) in [5.41, 5.74) is 0.540. The number of nitrogens with zero attached hydrogens (tertiary/aromatic N) is 4. The Morgan fingerprint density at radius 1 is 1.38 bits per heavy atom. The molecular formula is C17H20N4O3. The summed E-state index contributed by atoms with van der Waals surface area (Å²) in [6.07, 6.45) is 0.945. The molecule has 1 aliphatic heterocycles. The normalized spacial score (nSPS) is 20.9. The van der Waals surface area contributed by atoms with E-state index in [2.05, 4.69) is 21.2 Å². The zero-order valence-electron chi connectivity index (χ0n) is 13.8. The molecule has 2 atom stereocenters. The van der Waals surface area contributed by atoms with E-state index < -0.39 is 0 Å². The van der Waals surface area contributed by atoms with Gasteiger partial charge in [-0.3, -0.25) is 4.90 Å². The van der Waals surface area contributed by atoms with Gasteiger partial charge in [0.05, 0.1) is 17.7 Å². The number of aromatic nitrogens is 2. The molecule has 1 aromatic heterocycles. The minimum Gasteiger partial charge on any atom is -0.491 e. The lowest BCUT2D eigenvalue weighted by atomic mass is 10.2. The second kappa shape index (κ2) is 7.43. The predicted molar refractivity (Wildman–Crippen MR) is 85.4 cm³/mol. The number of para-hydroxylation sites is 1. The summed E-state index contributed by atoms with van der Waals surface area (Å²) in [6.45, 7) is 3.72. The van der Waals surface area contributed by atoms with Crippen molar-refractivity contribution in [2.24, 2.45) is 0 Å². The van der Waals surface area contributed by atoms with E-state index in [0.717, 1.165) is 13.0 Å². The molecule has 2 aromatic rings. The number of hydrogen-bond acceptors (Lipinski definition) is 7. The summed E-state index contributed by atoms with van der Waals surface area (Å²) in [6, 6.07) is 9.40. The maximum atomic E-state index is 9.10. The van der Waals surface area contributed by atoms with Crippen LogP contribution in [0.2, 0.25) is 0 Å². The molecule has 0 amide bonds. The first-order valence-corrected chi connectivity index (χ1v) is 7.90. The number of nitriles is 1. The summed E-state index contributed by atoms with van der Waals surface area (Å²) < 4.78 is 16.9. The Hall–Kier alpha value is -2.43. The highest BCUT2D eigenvalue weighted by atomic mass is 16.5. The molecule has 2 heterocycles. The van der Waals surface area contributed by atoms with Crippen molar-refractivity contribution in [3.63, 3.8) is 0 Å². The standard InChI is InChI=1S/C17H20N4O3/c1-12-19-20-17(24-12)15-9-14(22-2)11-21(15)7-8-23-16-6-4-3-5-13(16)10-18/h3-6,14-15H,7-9,11H2,1-2H3/t14-,15+/m0/s1. The van der Waals surface area contributed by atoms with Gasteiger partial charge in [-0.05, 0) is 18.6 Å². The predicted octanol–water partition coefficient (Wildman–Crippen LogP) is 2.09. The first-order chi connectivity index (χ1) is 11.7. The molecule has 0 aliphatic carbocycles. The second-order valence-corrected chi connectivity index (χ2v) is 5.72. The Morgan fingerprint density at radius 3 is 2.92 bits per heavy atom. The summed E-state index contributed by atoms with van der Waals surface area (Å²) >= 11 is 0. The fraction of sp³-hybridized carbons (Fsp3) is 0.471. The molecule has 0 unspecified atom stereocenters. The van der Waals surface area contributed by atoms with Crippen molar-refractivity contribution in [1.29, 1.82) is 5.26 Å². The Bertz CT molecular complexity index is 725. The molecule has 1 fully saturated rings. The highest BCUT2D eigenvalue weighted by Gasteiger charge is 2.36. The number of rotatable bonds is 6. The molecule has 24 heavy (non-hydrogen) atoms. The van der Waals surface area contributed by atoms with E-state index in [4.69, 9.17) is 19.2 Å². The Balaban J connectivity index is 1.63. The highest BCUT2D eigenvalue weighted by molar-refractivity contribution is 5.42. The van der Waals surface area contributed by atoms with Gasteiger partial charge in [0.2, 0.25) is 11.8 Å². The van der Waals surface area contributed by atoms with Crippen LogP contribution >= 0.6 is 0 Å². The van der Waals surface area contributed by atoms with Crippen molar-refractivity contribution in [2.45, 2.75) is 25.5 Å². The van der Waals surface area contributed by atoms with Gasteiger partial charge in [-0.1, -0.05) is 12.1 Å². The van der Waals surface area contributed by atoms with E-state index in [1.165, 1.54) is 0 Å². The van der Waals surface area contributed by atoms with Crippen molar-refractivity contribution >= 4 is 0 Å². The topological polar surface area (TPSA) is 84.4 Å². The van der Waals surface area contributed by atoms with Crippen LogP contribution in [0.5, 0.6) is 5.75 Å². The monoisotopic (exact) mass is 328 g/mol. The van der Waals surface area contributed by atoms with E-state index in [1.807, 2.05) is 12.1 Å². The van der Waals surface area contributed by atoms with Crippen LogP contribution in [0, 0.1) is 18.3 Å². The lowest BCUT2D eigenvalue weighted by Gasteiger charge is -2.21. The zero-order valence-corrected chi connectivity index (χ0v) is 13.8. The average Bonchev–Trinajstić information content (AvgIpc) is 3.21. The highest BCUT2D eigenvalue weighted by Crippen LogP contribution is 2.32. The maximum absolute atomic E-state index is 9.10. The Kier molecular flexibility index (Phi) is 5.08. The van der Waals surface area contributed by atoms with Crippen LogP contribution in [0.1, 0.15) is 29.8 Å². The Labute approximate surface area is 140 Å². The third kappa shape index (κ3) is 3.55. The largest absolute Gasteiger partial charge is 0.491 e. The van der Waals surface area contributed by atoms with Gasteiger partial charge < -0.3 is 13.9 Å². The smallest absolute Gasteiger partial charge is 0.233 e. The van der Waals surface area contributed by atoms with Crippen LogP contribution < -0.4 is 4.74 Å². The van der Waals surface area contributed by atoms with Gasteiger partial charge in [-0.2, -0.15) is 5.26 Å². The molecule has 0 N–H and O–H groups in total. The number of ether oxygens (including phenoxy) is 2. The fourth-order valence-electron chi connectivity index (χ4n) is 2.94. The van der Waals surface area contributed by atoms with Gasteiger partial charge in [-0.15, -0.1) is 10.2 Å². The number of benzene rings is 1. The molecular weight excluding hydrogens is 308 g/mol. The van der Waals surface area contributed by atoms with Crippen molar-refractivity contribution in [1.82, 2.24) is 15.1 Å². The van der Waals surface area contributed by atoms with Crippen molar-refractivity contribution in [3.05, 3.63) is 41.6 Å². The first kappa shape index (κ1) is 16.4. The van der Waals surface area contributed by atoms with Crippen LogP contribution in [-0.4, -0.2) is 48.0 Å². The van der Waals surface area contributed by atoms with E-state index in [9.17, 15) is 0 Å². The molecule has 0 saturated carbocycles. The number of methoxy groups -OCH3 is 1. The summed E-state index contributed by atoms with van der Waals surface area (Å²) in [7, 11) is 1.71. The third-order valence-electron chi connectivity index (χ3n) is 4.17. The molecule has 1 aromatic carbocycles. The Morgan fingerprint density at radius 2 is 2.21 bits per heavy atom. The molecule has 0 radical (unpaired) electrons. The van der Waals surface area contributed by atoms with Gasteiger partial charge in [0.15, 0.2) is 0 Å². The lowest BCUT2D eigenvalue weighted by Crippen LogP contribution is -2.30. The fourth-order valence-corrected chi connectivity index (χ4v) is 2.94. The lowest BCUT2D eigenvalue weighted by molar-refractivity contribution is 0.105. The molecule has 1 saturated heterocycles. The number of hydrogen-bond donors (Lipinski definition) is 0. The van der Waals surface area contributed by atoms with E-state index >= 15 is 0 Å². The summed E-state index contributed by atoms with van der Waals surface area (Å²) in [5.74, 6) is 1.78. The summed E-state index contributed by atoms with van der Waals surface area (Å²) in [4.78, 5) is 2.22. The molecule has 7 heteroatoms. The molecule has 7 nitrogen and oxygen atoms in total. The summed E-state index contributed by atoms with van der Waals surface area (Å²) in [5, 5.41) is 17.2. The second-order valence-electron chi connectivity index (χ2n) is 5.72. The van der Waals surface area contributed by atoms with Gasteiger partial charge >= 0.3 is 0 Å². The number of aryl methyl sites for hydroxylation is 1. The van der Waals surface area contributed by atoms with Crippen LogP contribution in [0.15, 0.2) is 28.7 Å². The minimum absolute atomic E-state index is 0.0333. The average molecular weight is 328 g/mol. The van der Waals surface area contributed by atoms with Gasteiger partial charge in [0.25, 0.3) is 0 Å². The van der Waals surface area contributed by atoms with E-state index in [1.54, 1.807) is 26.2 Å². The zero-order chi connectivity index (χ0) is 16.9. The SMILES string of the molecule is CO[C@H]1C[C@H](c2nnc(C)o2)N(CCOc2ccccc2C#N)C1. The molecule has 126 valence electrons. The first-order valence-electron chi connectivity index (χ1n) is 7.90. The van der Waals surface area contributed by atoms with Crippen LogP contribution in [-0.2, 0) is 4.74 Å². The molecule has 1 aliphatic rings. The third-order valence-corrected chi connectivity index (χ3v) is 4.17. The van der Waals surface area contributed by atoms with Gasteiger partial charge in [0, 0.05) is 27.1 Å². The van der Waals surface area contributed by atoms with Gasteiger partial charge in [-0.25, -0.2) is 0 Å². The van der Waals surface area contributed by atoms with Crippen LogP contribution in [0.4, 0.5) is 0 Å². The van der Waals surface area contributed by atoms with Crippen molar-refractivity contribution in [2.75, 3.05) is 26.8 Å². The number of likely N-dealkylation sites (tertiary alicyclic amines) is 1. The van der Waals surface area contributed by atoms with Crippen molar-refractivity contribution in [3.8, 4) is 11.8 Å².